The molecular weight excluding hydrogens is 424 g/mol. The van der Waals surface area contributed by atoms with Crippen molar-refractivity contribution in [2.75, 3.05) is 25.6 Å². The third kappa shape index (κ3) is 5.93. The molecular formula is C25H28N2O6. The second-order valence-corrected chi connectivity index (χ2v) is 7.76. The first kappa shape index (κ1) is 23.9. The second-order valence-electron chi connectivity index (χ2n) is 7.76. The van der Waals surface area contributed by atoms with Gasteiger partial charge in [-0.15, -0.1) is 0 Å². The van der Waals surface area contributed by atoms with E-state index < -0.39 is 6.09 Å². The van der Waals surface area contributed by atoms with Crippen LogP contribution < -0.4 is 14.8 Å². The minimum atomic E-state index is -0.791. The Morgan fingerprint density at radius 3 is 2.58 bits per heavy atom. The fourth-order valence-electron chi connectivity index (χ4n) is 3.58. The van der Waals surface area contributed by atoms with Gasteiger partial charge in [0.15, 0.2) is 11.5 Å². The summed E-state index contributed by atoms with van der Waals surface area (Å²) in [7, 11) is 1.47. The summed E-state index contributed by atoms with van der Waals surface area (Å²) in [6.07, 6.45) is -0.279. The number of rotatable bonds is 8. The number of nitrogens with zero attached hydrogens (tertiary/aromatic N) is 1. The third-order valence-electron chi connectivity index (χ3n) is 5.11. The highest BCUT2D eigenvalue weighted by molar-refractivity contribution is 6.04. The van der Waals surface area contributed by atoms with Crippen molar-refractivity contribution in [3.8, 4) is 11.5 Å². The number of ether oxygens (including phenoxy) is 3. The molecule has 1 aliphatic rings. The molecule has 0 spiro atoms. The summed E-state index contributed by atoms with van der Waals surface area (Å²) in [4.78, 5) is 27.2. The van der Waals surface area contributed by atoms with Crippen LogP contribution >= 0.6 is 0 Å². The summed E-state index contributed by atoms with van der Waals surface area (Å²) in [5.41, 5.74) is 2.14. The number of amides is 2. The Hall–Kier alpha value is -3.78. The van der Waals surface area contributed by atoms with Gasteiger partial charge >= 0.3 is 6.09 Å². The molecule has 1 fully saturated rings. The zero-order valence-electron chi connectivity index (χ0n) is 18.8. The number of hydrogen-bond donors (Lipinski definition) is 2. The third-order valence-corrected chi connectivity index (χ3v) is 5.11. The zero-order valence-corrected chi connectivity index (χ0v) is 18.8. The molecule has 2 N–H and O–H groups in total. The summed E-state index contributed by atoms with van der Waals surface area (Å²) in [5.74, 6) is 0.483. The number of likely N-dealkylation sites (tertiary alicyclic amines) is 1. The van der Waals surface area contributed by atoms with Crippen molar-refractivity contribution in [1.82, 2.24) is 4.90 Å². The lowest BCUT2D eigenvalue weighted by Crippen LogP contribution is -2.38. The first-order valence-electron chi connectivity index (χ1n) is 10.4. The van der Waals surface area contributed by atoms with Gasteiger partial charge < -0.3 is 24.2 Å². The number of carbonyl (C=O) groups excluding carboxylic acids is 2. The Balaban J connectivity index is 1.97. The van der Waals surface area contributed by atoms with Crippen LogP contribution in [0.1, 0.15) is 29.3 Å². The topological polar surface area (TPSA) is 97.3 Å². The van der Waals surface area contributed by atoms with Crippen LogP contribution in [0.25, 0.3) is 0 Å². The average Bonchev–Trinajstić information content (AvgIpc) is 3.18. The van der Waals surface area contributed by atoms with Gasteiger partial charge in [-0.3, -0.25) is 10.1 Å². The van der Waals surface area contributed by atoms with Gasteiger partial charge in [0.25, 0.3) is 5.91 Å². The second kappa shape index (κ2) is 10.7. The number of hydrogen-bond acceptors (Lipinski definition) is 6. The van der Waals surface area contributed by atoms with Crippen molar-refractivity contribution < 1.29 is 28.9 Å². The number of carbonyl (C=O) groups is 2. The molecule has 1 heterocycles. The summed E-state index contributed by atoms with van der Waals surface area (Å²) >= 11 is 0. The van der Waals surface area contributed by atoms with Crippen molar-refractivity contribution in [3.05, 3.63) is 78.1 Å². The molecule has 0 bridgehead atoms. The summed E-state index contributed by atoms with van der Waals surface area (Å²) in [6.45, 7) is 9.41. The van der Waals surface area contributed by atoms with Gasteiger partial charge in [-0.2, -0.15) is 0 Å². The molecule has 0 aliphatic carbocycles. The molecule has 8 heteroatoms. The molecule has 8 nitrogen and oxygen atoms in total. The highest BCUT2D eigenvalue weighted by Gasteiger charge is 2.33. The van der Waals surface area contributed by atoms with Crippen LogP contribution in [-0.2, 0) is 11.3 Å². The standard InChI is InChI=1S/C25H28N2O6/c1-16(2)33-25(30)26-21-12-23(32-15-18-8-6-5-7-9-18)22(31-4)11-20(21)24(29)27-13-17(3)10-19(27)14-28/h5-9,11-12,19,28H,1,3,10,13-15H2,2,4H3,(H,26,30)/t19-/m0/s1. The van der Waals surface area contributed by atoms with Crippen LogP contribution in [0.4, 0.5) is 10.5 Å². The molecule has 0 unspecified atom stereocenters. The normalized spacial score (nSPS) is 15.2. The highest BCUT2D eigenvalue weighted by atomic mass is 16.6. The molecule has 33 heavy (non-hydrogen) atoms. The van der Waals surface area contributed by atoms with E-state index in [4.69, 9.17) is 14.2 Å². The SMILES string of the molecule is C=C1C[C@@H](CO)N(C(=O)c2cc(OC)c(OCc3ccccc3)cc2NC(=O)OC(=C)C)C1. The number of benzene rings is 2. The number of aliphatic hydroxyl groups excluding tert-OH is 1. The van der Waals surface area contributed by atoms with Gasteiger partial charge in [-0.05, 0) is 25.0 Å². The van der Waals surface area contributed by atoms with Crippen LogP contribution in [0.2, 0.25) is 0 Å². The molecule has 174 valence electrons. The van der Waals surface area contributed by atoms with E-state index in [9.17, 15) is 14.7 Å². The van der Waals surface area contributed by atoms with Gasteiger partial charge in [-0.1, -0.05) is 49.1 Å². The smallest absolute Gasteiger partial charge is 0.416 e. The quantitative estimate of drug-likeness (QED) is 0.462. The van der Waals surface area contributed by atoms with Crippen molar-refractivity contribution in [1.29, 1.82) is 0 Å². The largest absolute Gasteiger partial charge is 0.493 e. The van der Waals surface area contributed by atoms with Gasteiger partial charge in [0.2, 0.25) is 0 Å². The minimum Gasteiger partial charge on any atom is -0.493 e. The lowest BCUT2D eigenvalue weighted by molar-refractivity contribution is 0.0680. The lowest BCUT2D eigenvalue weighted by Gasteiger charge is -2.24. The van der Waals surface area contributed by atoms with E-state index in [1.54, 1.807) is 0 Å². The first-order chi connectivity index (χ1) is 15.8. The Morgan fingerprint density at radius 1 is 1.21 bits per heavy atom. The molecule has 2 aromatic rings. The van der Waals surface area contributed by atoms with Crippen LogP contribution in [0.15, 0.2) is 67.0 Å². The number of anilines is 1. The highest BCUT2D eigenvalue weighted by Crippen LogP contribution is 2.36. The predicted octanol–water partition coefficient (Wildman–Crippen LogP) is 4.12. The minimum absolute atomic E-state index is 0.172. The van der Waals surface area contributed by atoms with Crippen LogP contribution in [0, 0.1) is 0 Å². The van der Waals surface area contributed by atoms with E-state index in [0.717, 1.165) is 11.1 Å². The molecule has 3 rings (SSSR count). The van der Waals surface area contributed by atoms with Crippen molar-refractivity contribution in [3.63, 3.8) is 0 Å². The maximum absolute atomic E-state index is 13.4. The fraction of sp³-hybridized carbons (Fsp3) is 0.280. The first-order valence-corrected chi connectivity index (χ1v) is 10.4. The maximum atomic E-state index is 13.4. The van der Waals surface area contributed by atoms with E-state index in [2.05, 4.69) is 18.5 Å². The molecule has 0 saturated carbocycles. The van der Waals surface area contributed by atoms with Crippen molar-refractivity contribution >= 4 is 17.7 Å². The maximum Gasteiger partial charge on any atom is 0.416 e. The van der Waals surface area contributed by atoms with E-state index in [1.165, 1.54) is 31.1 Å². The Labute approximate surface area is 193 Å². The van der Waals surface area contributed by atoms with E-state index in [0.29, 0.717) is 24.5 Å². The monoisotopic (exact) mass is 452 g/mol. The van der Waals surface area contributed by atoms with Crippen molar-refractivity contribution in [2.24, 2.45) is 0 Å². The summed E-state index contributed by atoms with van der Waals surface area (Å²) in [5, 5.41) is 12.3. The molecule has 1 saturated heterocycles. The van der Waals surface area contributed by atoms with Gasteiger partial charge in [0, 0.05) is 12.6 Å². The molecule has 1 aliphatic heterocycles. The van der Waals surface area contributed by atoms with E-state index in [1.807, 2.05) is 30.3 Å². The summed E-state index contributed by atoms with van der Waals surface area (Å²) < 4.78 is 16.4. The molecule has 2 amide bonds. The van der Waals surface area contributed by atoms with E-state index in [-0.39, 0.29) is 42.2 Å². The molecule has 1 atom stereocenters. The van der Waals surface area contributed by atoms with Crippen LogP contribution in [0.3, 0.4) is 0 Å². The molecule has 2 aromatic carbocycles. The molecule has 0 radical (unpaired) electrons. The Morgan fingerprint density at radius 2 is 1.94 bits per heavy atom. The average molecular weight is 453 g/mol. The fourth-order valence-corrected chi connectivity index (χ4v) is 3.58. The Kier molecular flexibility index (Phi) is 7.74. The van der Waals surface area contributed by atoms with Gasteiger partial charge in [0.05, 0.1) is 36.8 Å². The summed E-state index contributed by atoms with van der Waals surface area (Å²) in [6, 6.07) is 12.2. The number of nitrogens with one attached hydrogen (secondary N) is 1. The van der Waals surface area contributed by atoms with Crippen LogP contribution in [-0.4, -0.2) is 48.3 Å². The lowest BCUT2D eigenvalue weighted by atomic mass is 10.1. The number of allylic oxidation sites excluding steroid dienone is 1. The van der Waals surface area contributed by atoms with Gasteiger partial charge in [0.1, 0.15) is 6.61 Å². The number of aliphatic hydroxyl groups is 1. The number of methoxy groups -OCH3 is 1. The predicted molar refractivity (Wildman–Crippen MR) is 124 cm³/mol. The van der Waals surface area contributed by atoms with Crippen molar-refractivity contribution in [2.45, 2.75) is 26.0 Å². The van der Waals surface area contributed by atoms with E-state index >= 15 is 0 Å². The Bertz CT molecular complexity index is 1050. The van der Waals surface area contributed by atoms with Gasteiger partial charge in [-0.25, -0.2) is 4.79 Å². The zero-order chi connectivity index (χ0) is 24.0. The van der Waals surface area contributed by atoms with Crippen LogP contribution in [0.5, 0.6) is 11.5 Å². The molecule has 0 aromatic heterocycles.